The van der Waals surface area contributed by atoms with Gasteiger partial charge in [-0.05, 0) is 17.7 Å². The molecule has 88 valence electrons. The third kappa shape index (κ3) is 2.90. The fraction of sp³-hybridized carbons (Fsp3) is 0.100. The fourth-order valence-corrected chi connectivity index (χ4v) is 1.18. The molecular weight excluding hydrogens is 233 g/mol. The van der Waals surface area contributed by atoms with Gasteiger partial charge in [0.1, 0.15) is 12.7 Å². The van der Waals surface area contributed by atoms with Crippen LogP contribution in [-0.4, -0.2) is 21.1 Å². The molecule has 1 heterocycles. The predicted molar refractivity (Wildman–Crippen MR) is 54.5 cm³/mol. The number of hydrogen-bond acceptors (Lipinski definition) is 3. The van der Waals surface area contributed by atoms with E-state index in [0.717, 1.165) is 12.1 Å². The Kier molecular flexibility index (Phi) is 2.90. The number of benzene rings is 1. The maximum absolute atomic E-state index is 12.4. The van der Waals surface area contributed by atoms with Gasteiger partial charge in [-0.2, -0.15) is 18.3 Å². The summed E-state index contributed by atoms with van der Waals surface area (Å²) in [5.41, 5.74) is -0.348. The van der Waals surface area contributed by atoms with Crippen molar-refractivity contribution in [1.29, 1.82) is 0 Å². The Morgan fingerprint density at radius 2 is 1.88 bits per heavy atom. The SMILES string of the molecule is FC(F)(F)c1cccc(C=Nn2cnnc2)c1. The van der Waals surface area contributed by atoms with E-state index < -0.39 is 11.7 Å². The Balaban J connectivity index is 2.23. The van der Waals surface area contributed by atoms with Gasteiger partial charge in [0, 0.05) is 0 Å². The minimum atomic E-state index is -4.35. The Bertz CT molecular complexity index is 517. The number of hydrogen-bond donors (Lipinski definition) is 0. The van der Waals surface area contributed by atoms with E-state index >= 15 is 0 Å². The molecule has 0 aliphatic carbocycles. The van der Waals surface area contributed by atoms with E-state index in [-0.39, 0.29) is 0 Å². The van der Waals surface area contributed by atoms with Crippen LogP contribution in [0.25, 0.3) is 0 Å². The van der Waals surface area contributed by atoms with Crippen LogP contribution in [0.3, 0.4) is 0 Å². The van der Waals surface area contributed by atoms with Crippen LogP contribution in [0.5, 0.6) is 0 Å². The van der Waals surface area contributed by atoms with Crippen molar-refractivity contribution < 1.29 is 13.2 Å². The Hall–Kier alpha value is -2.18. The molecule has 0 spiro atoms. The first-order valence-corrected chi connectivity index (χ1v) is 4.62. The first-order valence-electron chi connectivity index (χ1n) is 4.62. The Morgan fingerprint density at radius 1 is 1.18 bits per heavy atom. The molecule has 1 aromatic heterocycles. The molecule has 2 aromatic rings. The molecule has 0 atom stereocenters. The van der Waals surface area contributed by atoms with Gasteiger partial charge in [0.15, 0.2) is 0 Å². The number of nitrogens with zero attached hydrogens (tertiary/aromatic N) is 4. The Labute approximate surface area is 94.4 Å². The van der Waals surface area contributed by atoms with Gasteiger partial charge in [-0.3, -0.25) is 0 Å². The molecule has 0 aliphatic heterocycles. The number of halogens is 3. The van der Waals surface area contributed by atoms with Crippen LogP contribution in [-0.2, 0) is 6.18 Å². The van der Waals surface area contributed by atoms with Crippen molar-refractivity contribution >= 4 is 6.21 Å². The predicted octanol–water partition coefficient (Wildman–Crippen LogP) is 2.18. The van der Waals surface area contributed by atoms with Crippen LogP contribution in [0.4, 0.5) is 13.2 Å². The average molecular weight is 240 g/mol. The second-order valence-electron chi connectivity index (χ2n) is 3.21. The van der Waals surface area contributed by atoms with E-state index in [0.29, 0.717) is 5.56 Å². The van der Waals surface area contributed by atoms with E-state index in [2.05, 4.69) is 15.3 Å². The molecule has 0 N–H and O–H groups in total. The topological polar surface area (TPSA) is 43.1 Å². The zero-order valence-electron chi connectivity index (χ0n) is 8.46. The highest BCUT2D eigenvalue weighted by atomic mass is 19.4. The van der Waals surface area contributed by atoms with Crippen molar-refractivity contribution in [1.82, 2.24) is 14.9 Å². The summed E-state index contributed by atoms with van der Waals surface area (Å²) in [6.45, 7) is 0. The van der Waals surface area contributed by atoms with Crippen LogP contribution in [0.15, 0.2) is 42.0 Å². The van der Waals surface area contributed by atoms with Crippen LogP contribution in [0.2, 0.25) is 0 Å². The molecule has 0 saturated carbocycles. The summed E-state index contributed by atoms with van der Waals surface area (Å²) >= 11 is 0. The van der Waals surface area contributed by atoms with Crippen molar-refractivity contribution in [2.24, 2.45) is 5.10 Å². The van der Waals surface area contributed by atoms with Crippen molar-refractivity contribution in [3.63, 3.8) is 0 Å². The average Bonchev–Trinajstić information content (AvgIpc) is 2.78. The van der Waals surface area contributed by atoms with E-state index in [1.54, 1.807) is 0 Å². The minimum Gasteiger partial charge on any atom is -0.208 e. The van der Waals surface area contributed by atoms with Gasteiger partial charge in [-0.1, -0.05) is 12.1 Å². The van der Waals surface area contributed by atoms with Crippen LogP contribution >= 0.6 is 0 Å². The highest BCUT2D eigenvalue weighted by Crippen LogP contribution is 2.29. The van der Waals surface area contributed by atoms with E-state index in [1.807, 2.05) is 0 Å². The summed E-state index contributed by atoms with van der Waals surface area (Å²) < 4.78 is 38.5. The molecular formula is C10H7F3N4. The molecule has 0 bridgehead atoms. The summed E-state index contributed by atoms with van der Waals surface area (Å²) in [5.74, 6) is 0. The van der Waals surface area contributed by atoms with E-state index in [4.69, 9.17) is 0 Å². The summed E-state index contributed by atoms with van der Waals surface area (Å²) in [5, 5.41) is 10.9. The third-order valence-electron chi connectivity index (χ3n) is 1.96. The van der Waals surface area contributed by atoms with Gasteiger partial charge >= 0.3 is 6.18 Å². The highest BCUT2D eigenvalue weighted by Gasteiger charge is 2.30. The number of rotatable bonds is 2. The number of aromatic nitrogens is 3. The summed E-state index contributed by atoms with van der Waals surface area (Å²) in [4.78, 5) is 0. The molecule has 2 rings (SSSR count). The largest absolute Gasteiger partial charge is 0.416 e. The van der Waals surface area contributed by atoms with Crippen molar-refractivity contribution in [3.8, 4) is 0 Å². The van der Waals surface area contributed by atoms with Crippen LogP contribution in [0, 0.1) is 0 Å². The Morgan fingerprint density at radius 3 is 2.53 bits per heavy atom. The third-order valence-corrected chi connectivity index (χ3v) is 1.96. The fourth-order valence-electron chi connectivity index (χ4n) is 1.18. The van der Waals surface area contributed by atoms with Crippen LogP contribution < -0.4 is 0 Å². The smallest absolute Gasteiger partial charge is 0.208 e. The lowest BCUT2D eigenvalue weighted by atomic mass is 10.1. The summed E-state index contributed by atoms with van der Waals surface area (Å²) in [6, 6.07) is 4.89. The second kappa shape index (κ2) is 4.36. The van der Waals surface area contributed by atoms with Gasteiger partial charge < -0.3 is 0 Å². The lowest BCUT2D eigenvalue weighted by molar-refractivity contribution is -0.137. The zero-order valence-corrected chi connectivity index (χ0v) is 8.46. The molecule has 1 aromatic carbocycles. The quantitative estimate of drug-likeness (QED) is 0.755. The lowest BCUT2D eigenvalue weighted by Gasteiger charge is -2.06. The number of alkyl halides is 3. The van der Waals surface area contributed by atoms with Gasteiger partial charge in [-0.25, -0.2) is 4.68 Å². The molecule has 0 radical (unpaired) electrons. The molecule has 4 nitrogen and oxygen atoms in total. The van der Waals surface area contributed by atoms with Crippen molar-refractivity contribution in [3.05, 3.63) is 48.0 Å². The summed E-state index contributed by atoms with van der Waals surface area (Å²) in [6.07, 6.45) is -0.368. The summed E-state index contributed by atoms with van der Waals surface area (Å²) in [7, 11) is 0. The first-order chi connectivity index (χ1) is 8.05. The standard InChI is InChI=1S/C10H7F3N4/c11-10(12,13)9-3-1-2-8(4-9)5-16-17-6-14-15-7-17/h1-7H. The molecule has 0 saturated heterocycles. The minimum absolute atomic E-state index is 0.355. The normalized spacial score (nSPS) is 12.2. The molecule has 17 heavy (non-hydrogen) atoms. The zero-order chi connectivity index (χ0) is 12.3. The lowest BCUT2D eigenvalue weighted by Crippen LogP contribution is -2.05. The van der Waals surface area contributed by atoms with Gasteiger partial charge in [-0.15, -0.1) is 10.2 Å². The molecule has 0 fully saturated rings. The van der Waals surface area contributed by atoms with E-state index in [9.17, 15) is 13.2 Å². The van der Waals surface area contributed by atoms with Crippen molar-refractivity contribution in [2.75, 3.05) is 0 Å². The van der Waals surface area contributed by atoms with Gasteiger partial charge in [0.2, 0.25) is 0 Å². The monoisotopic (exact) mass is 240 g/mol. The molecule has 0 amide bonds. The molecule has 0 aliphatic rings. The second-order valence-corrected chi connectivity index (χ2v) is 3.21. The molecule has 7 heteroatoms. The van der Waals surface area contributed by atoms with Gasteiger partial charge in [0.05, 0.1) is 11.8 Å². The highest BCUT2D eigenvalue weighted by molar-refractivity contribution is 5.79. The first kappa shape index (κ1) is 11.3. The maximum Gasteiger partial charge on any atom is 0.416 e. The van der Waals surface area contributed by atoms with Crippen LogP contribution in [0.1, 0.15) is 11.1 Å². The van der Waals surface area contributed by atoms with E-state index in [1.165, 1.54) is 35.7 Å². The molecule has 0 unspecified atom stereocenters. The van der Waals surface area contributed by atoms with Gasteiger partial charge in [0.25, 0.3) is 0 Å². The maximum atomic E-state index is 12.4. The van der Waals surface area contributed by atoms with Crippen molar-refractivity contribution in [2.45, 2.75) is 6.18 Å².